The SMILES string of the molecule is N#Cc1ccccc1OCCN1CCCCC1=O. The summed E-state index contributed by atoms with van der Waals surface area (Å²) in [4.78, 5) is 13.4. The molecule has 1 fully saturated rings. The Bertz CT molecular complexity index is 465. The van der Waals surface area contributed by atoms with Crippen molar-refractivity contribution in [2.45, 2.75) is 19.3 Å². The number of nitrogens with zero attached hydrogens (tertiary/aromatic N) is 2. The molecule has 1 amide bonds. The van der Waals surface area contributed by atoms with E-state index in [0.29, 0.717) is 30.9 Å². The molecular formula is C14H16N2O2. The lowest BCUT2D eigenvalue weighted by Crippen LogP contribution is -2.38. The summed E-state index contributed by atoms with van der Waals surface area (Å²) in [7, 11) is 0. The minimum Gasteiger partial charge on any atom is -0.490 e. The molecule has 0 N–H and O–H groups in total. The molecule has 0 atom stereocenters. The Morgan fingerprint density at radius 2 is 2.17 bits per heavy atom. The van der Waals surface area contributed by atoms with Gasteiger partial charge in [-0.15, -0.1) is 0 Å². The molecule has 1 aromatic rings. The fourth-order valence-electron chi connectivity index (χ4n) is 2.05. The molecule has 1 heterocycles. The Labute approximate surface area is 107 Å². The maximum atomic E-state index is 11.6. The Hall–Kier alpha value is -2.02. The van der Waals surface area contributed by atoms with Gasteiger partial charge in [-0.05, 0) is 25.0 Å². The predicted molar refractivity (Wildman–Crippen MR) is 67.1 cm³/mol. The molecule has 0 radical (unpaired) electrons. The number of carbonyl (C=O) groups excluding carboxylic acids is 1. The van der Waals surface area contributed by atoms with Crippen LogP contribution in [0, 0.1) is 11.3 Å². The number of hydrogen-bond donors (Lipinski definition) is 0. The highest BCUT2D eigenvalue weighted by molar-refractivity contribution is 5.76. The van der Waals surface area contributed by atoms with Crippen LogP contribution in [0.3, 0.4) is 0 Å². The van der Waals surface area contributed by atoms with Crippen LogP contribution in [-0.2, 0) is 4.79 Å². The fraction of sp³-hybridized carbons (Fsp3) is 0.429. The van der Waals surface area contributed by atoms with Crippen molar-refractivity contribution in [3.05, 3.63) is 29.8 Å². The summed E-state index contributed by atoms with van der Waals surface area (Å²) in [6.07, 6.45) is 2.71. The molecule has 94 valence electrons. The Morgan fingerprint density at radius 3 is 2.94 bits per heavy atom. The zero-order chi connectivity index (χ0) is 12.8. The van der Waals surface area contributed by atoms with Gasteiger partial charge in [-0.2, -0.15) is 5.26 Å². The quantitative estimate of drug-likeness (QED) is 0.813. The maximum absolute atomic E-state index is 11.6. The topological polar surface area (TPSA) is 53.3 Å². The van der Waals surface area contributed by atoms with Crippen LogP contribution < -0.4 is 4.74 Å². The maximum Gasteiger partial charge on any atom is 0.222 e. The van der Waals surface area contributed by atoms with E-state index in [1.165, 1.54) is 0 Å². The summed E-state index contributed by atoms with van der Waals surface area (Å²) in [6.45, 7) is 1.85. The molecular weight excluding hydrogens is 228 g/mol. The van der Waals surface area contributed by atoms with Crippen LogP contribution in [0.1, 0.15) is 24.8 Å². The third kappa shape index (κ3) is 3.01. The molecule has 1 aliphatic rings. The highest BCUT2D eigenvalue weighted by Gasteiger charge is 2.17. The molecule has 1 saturated heterocycles. The molecule has 0 aromatic heterocycles. The van der Waals surface area contributed by atoms with Crippen LogP contribution >= 0.6 is 0 Å². The standard InChI is InChI=1S/C14H16N2O2/c15-11-12-5-1-2-6-13(12)18-10-9-16-8-4-3-7-14(16)17/h1-2,5-6H,3-4,7-10H2. The Balaban J connectivity index is 1.85. The minimum atomic E-state index is 0.207. The molecule has 0 unspecified atom stereocenters. The van der Waals surface area contributed by atoms with Crippen molar-refractivity contribution in [2.24, 2.45) is 0 Å². The van der Waals surface area contributed by atoms with Crippen molar-refractivity contribution in [3.63, 3.8) is 0 Å². The predicted octanol–water partition coefficient (Wildman–Crippen LogP) is 1.95. The lowest BCUT2D eigenvalue weighted by atomic mass is 10.1. The number of likely N-dealkylation sites (tertiary alicyclic amines) is 1. The Morgan fingerprint density at radius 1 is 1.33 bits per heavy atom. The summed E-state index contributed by atoms with van der Waals surface area (Å²) in [5.74, 6) is 0.794. The van der Waals surface area contributed by atoms with Gasteiger partial charge in [0, 0.05) is 13.0 Å². The van der Waals surface area contributed by atoms with Crippen molar-refractivity contribution >= 4 is 5.91 Å². The first-order valence-corrected chi connectivity index (χ1v) is 6.21. The van der Waals surface area contributed by atoms with Crippen LogP contribution in [0.5, 0.6) is 5.75 Å². The van der Waals surface area contributed by atoms with Crippen molar-refractivity contribution < 1.29 is 9.53 Å². The number of ether oxygens (including phenoxy) is 1. The van der Waals surface area contributed by atoms with Crippen LogP contribution in [-0.4, -0.2) is 30.5 Å². The van der Waals surface area contributed by atoms with Gasteiger partial charge >= 0.3 is 0 Å². The second-order valence-corrected chi connectivity index (χ2v) is 4.29. The molecule has 18 heavy (non-hydrogen) atoms. The van der Waals surface area contributed by atoms with Gasteiger partial charge < -0.3 is 9.64 Å². The smallest absolute Gasteiger partial charge is 0.222 e. The van der Waals surface area contributed by atoms with Crippen molar-refractivity contribution in [3.8, 4) is 11.8 Å². The monoisotopic (exact) mass is 244 g/mol. The van der Waals surface area contributed by atoms with Gasteiger partial charge in [0.15, 0.2) is 0 Å². The summed E-state index contributed by atoms with van der Waals surface area (Å²) in [5, 5.41) is 8.91. The van der Waals surface area contributed by atoms with Gasteiger partial charge in [0.1, 0.15) is 18.4 Å². The van der Waals surface area contributed by atoms with E-state index >= 15 is 0 Å². The number of benzene rings is 1. The summed E-state index contributed by atoms with van der Waals surface area (Å²) < 4.78 is 5.56. The molecule has 2 rings (SSSR count). The van der Waals surface area contributed by atoms with Gasteiger partial charge in [0.25, 0.3) is 0 Å². The van der Waals surface area contributed by atoms with Gasteiger partial charge in [-0.1, -0.05) is 12.1 Å². The number of carbonyl (C=O) groups is 1. The number of rotatable bonds is 4. The minimum absolute atomic E-state index is 0.207. The number of piperidine rings is 1. The summed E-state index contributed by atoms with van der Waals surface area (Å²) in [6, 6.07) is 9.23. The molecule has 1 aliphatic heterocycles. The van der Waals surface area contributed by atoms with Crippen LogP contribution in [0.25, 0.3) is 0 Å². The van der Waals surface area contributed by atoms with E-state index in [2.05, 4.69) is 6.07 Å². The highest BCUT2D eigenvalue weighted by Crippen LogP contribution is 2.16. The first-order chi connectivity index (χ1) is 8.81. The van der Waals surface area contributed by atoms with E-state index in [9.17, 15) is 4.79 Å². The molecule has 1 aromatic carbocycles. The lowest BCUT2D eigenvalue weighted by molar-refractivity contribution is -0.133. The van der Waals surface area contributed by atoms with E-state index in [1.807, 2.05) is 11.0 Å². The third-order valence-electron chi connectivity index (χ3n) is 3.05. The van der Waals surface area contributed by atoms with Gasteiger partial charge in [0.2, 0.25) is 5.91 Å². The molecule has 0 bridgehead atoms. The average Bonchev–Trinajstić information content (AvgIpc) is 2.41. The van der Waals surface area contributed by atoms with Crippen LogP contribution in [0.4, 0.5) is 0 Å². The van der Waals surface area contributed by atoms with E-state index in [1.54, 1.807) is 18.2 Å². The van der Waals surface area contributed by atoms with Crippen LogP contribution in [0.15, 0.2) is 24.3 Å². The van der Waals surface area contributed by atoms with E-state index < -0.39 is 0 Å². The second kappa shape index (κ2) is 6.06. The number of nitriles is 1. The molecule has 4 heteroatoms. The average molecular weight is 244 g/mol. The van der Waals surface area contributed by atoms with E-state index in [4.69, 9.17) is 10.00 Å². The van der Waals surface area contributed by atoms with Crippen molar-refractivity contribution in [2.75, 3.05) is 19.7 Å². The number of amides is 1. The number of hydrogen-bond acceptors (Lipinski definition) is 3. The highest BCUT2D eigenvalue weighted by atomic mass is 16.5. The van der Waals surface area contributed by atoms with Gasteiger partial charge in [0.05, 0.1) is 12.1 Å². The summed E-state index contributed by atoms with van der Waals surface area (Å²) in [5.41, 5.74) is 0.530. The number of para-hydroxylation sites is 1. The van der Waals surface area contributed by atoms with Crippen molar-refractivity contribution in [1.82, 2.24) is 4.90 Å². The van der Waals surface area contributed by atoms with E-state index in [-0.39, 0.29) is 5.91 Å². The van der Waals surface area contributed by atoms with Gasteiger partial charge in [-0.3, -0.25) is 4.79 Å². The first kappa shape index (κ1) is 12.4. The van der Waals surface area contributed by atoms with Gasteiger partial charge in [-0.25, -0.2) is 0 Å². The lowest BCUT2D eigenvalue weighted by Gasteiger charge is -2.26. The summed E-state index contributed by atoms with van der Waals surface area (Å²) >= 11 is 0. The zero-order valence-electron chi connectivity index (χ0n) is 10.3. The second-order valence-electron chi connectivity index (χ2n) is 4.29. The Kier molecular flexibility index (Phi) is 4.19. The zero-order valence-corrected chi connectivity index (χ0v) is 10.3. The van der Waals surface area contributed by atoms with Crippen molar-refractivity contribution in [1.29, 1.82) is 5.26 Å². The first-order valence-electron chi connectivity index (χ1n) is 6.21. The molecule has 4 nitrogen and oxygen atoms in total. The third-order valence-corrected chi connectivity index (χ3v) is 3.05. The molecule has 0 saturated carbocycles. The largest absolute Gasteiger partial charge is 0.490 e. The normalized spacial score (nSPS) is 15.3. The van der Waals surface area contributed by atoms with Crippen LogP contribution in [0.2, 0.25) is 0 Å². The molecule has 0 aliphatic carbocycles. The van der Waals surface area contributed by atoms with E-state index in [0.717, 1.165) is 19.4 Å². The molecule has 0 spiro atoms. The fourth-order valence-corrected chi connectivity index (χ4v) is 2.05.